The number of ether oxygens (including phenoxy) is 1. The lowest BCUT2D eigenvalue weighted by molar-refractivity contribution is -0.121. The molecular weight excluding hydrogens is 216 g/mol. The molecule has 0 bridgehead atoms. The van der Waals surface area contributed by atoms with Gasteiger partial charge >= 0.3 is 0 Å². The quantitative estimate of drug-likeness (QED) is 0.627. The van der Waals surface area contributed by atoms with Crippen LogP contribution in [0.2, 0.25) is 0 Å². The van der Waals surface area contributed by atoms with E-state index in [0.29, 0.717) is 31.7 Å². The average Bonchev–Trinajstić information content (AvgIpc) is 3.00. The molecule has 2 aliphatic rings. The largest absolute Gasteiger partial charge is 0.376 e. The number of carbonyl (C=O) groups is 1. The van der Waals surface area contributed by atoms with Gasteiger partial charge in [-0.1, -0.05) is 12.8 Å². The van der Waals surface area contributed by atoms with E-state index in [-0.39, 0.29) is 5.91 Å². The first-order valence-electron chi connectivity index (χ1n) is 6.96. The molecule has 0 atom stereocenters. The van der Waals surface area contributed by atoms with Gasteiger partial charge in [-0.05, 0) is 25.7 Å². The first-order chi connectivity index (χ1) is 8.34. The Bertz CT molecular complexity index is 236. The van der Waals surface area contributed by atoms with E-state index in [1.807, 2.05) is 0 Å². The van der Waals surface area contributed by atoms with Crippen LogP contribution in [0.15, 0.2) is 0 Å². The Morgan fingerprint density at radius 2 is 1.88 bits per heavy atom. The summed E-state index contributed by atoms with van der Waals surface area (Å²) in [5, 5.41) is 6.23. The van der Waals surface area contributed by atoms with Gasteiger partial charge in [0, 0.05) is 25.6 Å². The highest BCUT2D eigenvalue weighted by atomic mass is 16.5. The van der Waals surface area contributed by atoms with E-state index in [4.69, 9.17) is 4.74 Å². The van der Waals surface area contributed by atoms with Gasteiger partial charge in [0.05, 0.1) is 12.7 Å². The second-order valence-electron chi connectivity index (χ2n) is 5.11. The number of hydrogen-bond donors (Lipinski definition) is 2. The molecule has 2 fully saturated rings. The molecule has 2 saturated carbocycles. The van der Waals surface area contributed by atoms with Crippen molar-refractivity contribution in [3.8, 4) is 0 Å². The van der Waals surface area contributed by atoms with Crippen LogP contribution in [0.25, 0.3) is 0 Å². The van der Waals surface area contributed by atoms with Gasteiger partial charge in [-0.15, -0.1) is 0 Å². The summed E-state index contributed by atoms with van der Waals surface area (Å²) < 4.78 is 5.68. The summed E-state index contributed by atoms with van der Waals surface area (Å²) in [4.78, 5) is 11.4. The van der Waals surface area contributed by atoms with Crippen molar-refractivity contribution in [2.45, 2.75) is 57.1 Å². The molecule has 98 valence electrons. The number of rotatable bonds is 8. The molecule has 17 heavy (non-hydrogen) atoms. The predicted octanol–water partition coefficient (Wildman–Crippen LogP) is 1.20. The smallest absolute Gasteiger partial charge is 0.221 e. The molecule has 0 radical (unpaired) electrons. The summed E-state index contributed by atoms with van der Waals surface area (Å²) in [7, 11) is 0. The van der Waals surface area contributed by atoms with Crippen LogP contribution >= 0.6 is 0 Å². The highest BCUT2D eigenvalue weighted by Gasteiger charge is 2.20. The zero-order chi connectivity index (χ0) is 11.9. The first kappa shape index (κ1) is 12.8. The highest BCUT2D eigenvalue weighted by Crippen LogP contribution is 2.20. The maximum Gasteiger partial charge on any atom is 0.221 e. The standard InChI is InChI=1S/C13H24N2O2/c16-13(7-8-14-11-5-6-11)15-9-10-17-12-3-1-2-4-12/h11-12,14H,1-10H2,(H,15,16). The van der Waals surface area contributed by atoms with Gasteiger partial charge in [0.2, 0.25) is 5.91 Å². The Morgan fingerprint density at radius 3 is 2.59 bits per heavy atom. The SMILES string of the molecule is O=C(CCNC1CC1)NCCOC1CCCC1. The van der Waals surface area contributed by atoms with Crippen LogP contribution in [0.3, 0.4) is 0 Å². The Labute approximate surface area is 103 Å². The average molecular weight is 240 g/mol. The summed E-state index contributed by atoms with van der Waals surface area (Å²) in [5.74, 6) is 0.133. The monoisotopic (exact) mass is 240 g/mol. The molecule has 0 aliphatic heterocycles. The third-order valence-corrected chi connectivity index (χ3v) is 3.44. The summed E-state index contributed by atoms with van der Waals surface area (Å²) in [5.41, 5.74) is 0. The van der Waals surface area contributed by atoms with Crippen LogP contribution in [0.1, 0.15) is 44.9 Å². The molecule has 0 heterocycles. The normalized spacial score (nSPS) is 20.7. The van der Waals surface area contributed by atoms with Gasteiger partial charge in [0.25, 0.3) is 0 Å². The number of amides is 1. The molecule has 0 saturated heterocycles. The lowest BCUT2D eigenvalue weighted by Gasteiger charge is -2.11. The summed E-state index contributed by atoms with van der Waals surface area (Å²) in [6, 6.07) is 0.688. The second kappa shape index (κ2) is 6.97. The first-order valence-corrected chi connectivity index (χ1v) is 6.96. The van der Waals surface area contributed by atoms with E-state index in [0.717, 1.165) is 6.54 Å². The van der Waals surface area contributed by atoms with Gasteiger partial charge in [-0.25, -0.2) is 0 Å². The van der Waals surface area contributed by atoms with Crippen LogP contribution in [0, 0.1) is 0 Å². The van der Waals surface area contributed by atoms with E-state index >= 15 is 0 Å². The Hall–Kier alpha value is -0.610. The molecular formula is C13H24N2O2. The van der Waals surface area contributed by atoms with Crippen LogP contribution in [0.4, 0.5) is 0 Å². The van der Waals surface area contributed by atoms with Gasteiger partial charge < -0.3 is 15.4 Å². The third-order valence-electron chi connectivity index (χ3n) is 3.44. The summed E-state index contributed by atoms with van der Waals surface area (Å²) in [6.07, 6.45) is 8.56. The fourth-order valence-corrected chi connectivity index (χ4v) is 2.24. The van der Waals surface area contributed by atoms with E-state index in [9.17, 15) is 4.79 Å². The Balaban J connectivity index is 1.39. The van der Waals surface area contributed by atoms with E-state index < -0.39 is 0 Å². The maximum absolute atomic E-state index is 11.4. The highest BCUT2D eigenvalue weighted by molar-refractivity contribution is 5.76. The van der Waals surface area contributed by atoms with Crippen molar-refractivity contribution < 1.29 is 9.53 Å². The van der Waals surface area contributed by atoms with E-state index in [1.165, 1.54) is 38.5 Å². The van der Waals surface area contributed by atoms with Crippen molar-refractivity contribution in [2.24, 2.45) is 0 Å². The minimum Gasteiger partial charge on any atom is -0.376 e. The summed E-state index contributed by atoms with van der Waals surface area (Å²) in [6.45, 7) is 2.12. The maximum atomic E-state index is 11.4. The second-order valence-corrected chi connectivity index (χ2v) is 5.11. The fourth-order valence-electron chi connectivity index (χ4n) is 2.24. The van der Waals surface area contributed by atoms with E-state index in [2.05, 4.69) is 10.6 Å². The molecule has 0 spiro atoms. The van der Waals surface area contributed by atoms with Gasteiger partial charge in [-0.3, -0.25) is 4.79 Å². The van der Waals surface area contributed by atoms with Gasteiger partial charge in [0.15, 0.2) is 0 Å². The fraction of sp³-hybridized carbons (Fsp3) is 0.923. The number of hydrogen-bond acceptors (Lipinski definition) is 3. The molecule has 2 aliphatic carbocycles. The molecule has 0 aromatic heterocycles. The third kappa shape index (κ3) is 5.50. The van der Waals surface area contributed by atoms with Gasteiger partial charge in [-0.2, -0.15) is 0 Å². The van der Waals surface area contributed by atoms with Crippen LogP contribution < -0.4 is 10.6 Å². The molecule has 2 N–H and O–H groups in total. The molecule has 0 aromatic rings. The van der Waals surface area contributed by atoms with Crippen molar-refractivity contribution in [3.05, 3.63) is 0 Å². The van der Waals surface area contributed by atoms with E-state index in [1.54, 1.807) is 0 Å². The zero-order valence-corrected chi connectivity index (χ0v) is 10.5. The lowest BCUT2D eigenvalue weighted by atomic mass is 10.3. The molecule has 4 heteroatoms. The lowest BCUT2D eigenvalue weighted by Crippen LogP contribution is -2.31. The number of carbonyl (C=O) groups excluding carboxylic acids is 1. The van der Waals surface area contributed by atoms with Crippen molar-refractivity contribution in [3.63, 3.8) is 0 Å². The van der Waals surface area contributed by atoms with Crippen molar-refractivity contribution in [1.82, 2.24) is 10.6 Å². The number of nitrogens with one attached hydrogen (secondary N) is 2. The molecule has 2 rings (SSSR count). The van der Waals surface area contributed by atoms with Crippen molar-refractivity contribution in [1.29, 1.82) is 0 Å². The van der Waals surface area contributed by atoms with Gasteiger partial charge in [0.1, 0.15) is 0 Å². The molecule has 0 aromatic carbocycles. The van der Waals surface area contributed by atoms with Crippen LogP contribution in [-0.4, -0.2) is 37.7 Å². The van der Waals surface area contributed by atoms with Crippen LogP contribution in [0.5, 0.6) is 0 Å². The minimum atomic E-state index is 0.133. The molecule has 4 nitrogen and oxygen atoms in total. The van der Waals surface area contributed by atoms with Crippen molar-refractivity contribution in [2.75, 3.05) is 19.7 Å². The van der Waals surface area contributed by atoms with Crippen LogP contribution in [-0.2, 0) is 9.53 Å². The topological polar surface area (TPSA) is 50.4 Å². The van der Waals surface area contributed by atoms with Crippen molar-refractivity contribution >= 4 is 5.91 Å². The Kier molecular flexibility index (Phi) is 5.26. The predicted molar refractivity (Wildman–Crippen MR) is 66.9 cm³/mol. The Morgan fingerprint density at radius 1 is 1.12 bits per heavy atom. The zero-order valence-electron chi connectivity index (χ0n) is 10.5. The minimum absolute atomic E-state index is 0.133. The molecule has 1 amide bonds. The molecule has 0 unspecified atom stereocenters. The summed E-state index contributed by atoms with van der Waals surface area (Å²) >= 11 is 0.